The number of primary amides is 2. The van der Waals surface area contributed by atoms with Gasteiger partial charge >= 0.3 is 0 Å². The first-order valence-electron chi connectivity index (χ1n) is 3.51. The van der Waals surface area contributed by atoms with E-state index in [9.17, 15) is 9.59 Å². The summed E-state index contributed by atoms with van der Waals surface area (Å²) in [6, 6.07) is 0. The molecule has 0 bridgehead atoms. The molecule has 6 nitrogen and oxygen atoms in total. The van der Waals surface area contributed by atoms with Gasteiger partial charge in [-0.3, -0.25) is 9.59 Å². The summed E-state index contributed by atoms with van der Waals surface area (Å²) in [6.45, 7) is 1.19. The van der Waals surface area contributed by atoms with E-state index in [0.29, 0.717) is 13.1 Å². The van der Waals surface area contributed by atoms with Crippen LogP contribution in [-0.4, -0.2) is 24.9 Å². The minimum atomic E-state index is -0.496. The molecule has 0 rings (SSSR count). The van der Waals surface area contributed by atoms with Crippen LogP contribution in [0, 0.1) is 0 Å². The van der Waals surface area contributed by atoms with E-state index in [1.807, 2.05) is 0 Å². The Morgan fingerprint density at radius 1 is 0.833 bits per heavy atom. The number of rotatable bonds is 4. The monoisotopic (exact) mass is 176 g/mol. The van der Waals surface area contributed by atoms with Gasteiger partial charge in [-0.25, -0.2) is 0 Å². The minimum Gasteiger partial charge on any atom is -0.370 e. The summed E-state index contributed by atoms with van der Waals surface area (Å²) in [7, 11) is 0. The van der Waals surface area contributed by atoms with Crippen molar-refractivity contribution in [3.05, 3.63) is 0 Å². The van der Waals surface area contributed by atoms with Crippen molar-refractivity contribution in [3.8, 4) is 0 Å². The van der Waals surface area contributed by atoms with Gasteiger partial charge in [-0.1, -0.05) is 0 Å². The Bertz CT molecular complexity index is 122. The fourth-order valence-electron chi connectivity index (χ4n) is 0.246. The van der Waals surface area contributed by atoms with Crippen LogP contribution in [0.15, 0.2) is 0 Å². The van der Waals surface area contributed by atoms with Gasteiger partial charge in [0, 0.05) is 25.9 Å². The van der Waals surface area contributed by atoms with Crippen LogP contribution in [0.5, 0.6) is 0 Å². The fourth-order valence-corrected chi connectivity index (χ4v) is 0.246. The Balaban J connectivity index is 0. The first-order valence-corrected chi connectivity index (χ1v) is 3.51. The summed E-state index contributed by atoms with van der Waals surface area (Å²) in [4.78, 5) is 19.8. The maximum absolute atomic E-state index is 9.92. The molecule has 72 valence electrons. The normalized spacial score (nSPS) is 8.17. The van der Waals surface area contributed by atoms with Crippen LogP contribution in [0.3, 0.4) is 0 Å². The van der Waals surface area contributed by atoms with Crippen LogP contribution < -0.4 is 22.9 Å². The maximum Gasteiger partial charge on any atom is 0.217 e. The van der Waals surface area contributed by atoms with Crippen molar-refractivity contribution in [2.45, 2.75) is 12.8 Å². The Labute approximate surface area is 71.3 Å². The second kappa shape index (κ2) is 9.86. The van der Waals surface area contributed by atoms with Crippen LogP contribution in [-0.2, 0) is 9.59 Å². The number of hydrogen-bond donors (Lipinski definition) is 4. The summed E-state index contributed by atoms with van der Waals surface area (Å²) in [5.74, 6) is -0.993. The molecule has 0 aromatic rings. The largest absolute Gasteiger partial charge is 0.370 e. The smallest absolute Gasteiger partial charge is 0.217 e. The Hall–Kier alpha value is -1.14. The standard InChI is InChI=1S/C4H8N2O2.C2H8N2/c5-3(7)1-2-4(6)8;3-1-2-4/h1-2H2,(H2,5,7)(H2,6,8);1-4H2. The highest BCUT2D eigenvalue weighted by Gasteiger charge is 1.96. The van der Waals surface area contributed by atoms with Gasteiger partial charge in [0.1, 0.15) is 0 Å². The third-order valence-electron chi connectivity index (χ3n) is 0.784. The molecule has 0 heterocycles. The van der Waals surface area contributed by atoms with Crippen molar-refractivity contribution in [2.24, 2.45) is 22.9 Å². The van der Waals surface area contributed by atoms with E-state index in [1.54, 1.807) is 0 Å². The molecule has 0 aromatic heterocycles. The number of hydrogen-bond acceptors (Lipinski definition) is 4. The third-order valence-corrected chi connectivity index (χ3v) is 0.784. The average molecular weight is 176 g/mol. The number of nitrogens with two attached hydrogens (primary N) is 4. The Morgan fingerprint density at radius 2 is 1.08 bits per heavy atom. The summed E-state index contributed by atoms with van der Waals surface area (Å²) in [5.41, 5.74) is 19.2. The zero-order valence-electron chi connectivity index (χ0n) is 6.95. The summed E-state index contributed by atoms with van der Waals surface area (Å²) < 4.78 is 0. The van der Waals surface area contributed by atoms with Crippen molar-refractivity contribution < 1.29 is 9.59 Å². The predicted molar refractivity (Wildman–Crippen MR) is 45.7 cm³/mol. The molecule has 0 unspecified atom stereocenters. The molecule has 0 radical (unpaired) electrons. The second-order valence-electron chi connectivity index (χ2n) is 2.01. The van der Waals surface area contributed by atoms with E-state index in [0.717, 1.165) is 0 Å². The molecule has 0 spiro atoms. The van der Waals surface area contributed by atoms with Crippen LogP contribution in [0.25, 0.3) is 0 Å². The summed E-state index contributed by atoms with van der Waals surface area (Å²) >= 11 is 0. The summed E-state index contributed by atoms with van der Waals surface area (Å²) in [6.07, 6.45) is 0.102. The van der Waals surface area contributed by atoms with Gasteiger partial charge in [0.25, 0.3) is 0 Å². The molecular weight excluding hydrogens is 160 g/mol. The van der Waals surface area contributed by atoms with Crippen molar-refractivity contribution >= 4 is 11.8 Å². The Kier molecular flexibility index (Phi) is 11.1. The predicted octanol–water partition coefficient (Wildman–Crippen LogP) is -2.36. The first-order chi connectivity index (χ1) is 5.54. The van der Waals surface area contributed by atoms with E-state index in [1.165, 1.54) is 0 Å². The van der Waals surface area contributed by atoms with Gasteiger partial charge in [0.05, 0.1) is 0 Å². The lowest BCUT2D eigenvalue weighted by Crippen LogP contribution is -2.16. The summed E-state index contributed by atoms with van der Waals surface area (Å²) in [5, 5.41) is 0. The molecule has 0 aromatic carbocycles. The highest BCUT2D eigenvalue weighted by molar-refractivity contribution is 5.81. The topological polar surface area (TPSA) is 138 Å². The SMILES string of the molecule is NC(=O)CCC(N)=O.NCCN. The van der Waals surface area contributed by atoms with Crippen LogP contribution >= 0.6 is 0 Å². The molecule has 0 aliphatic carbocycles. The maximum atomic E-state index is 9.92. The highest BCUT2D eigenvalue weighted by Crippen LogP contribution is 1.82. The van der Waals surface area contributed by atoms with Crippen molar-refractivity contribution in [3.63, 3.8) is 0 Å². The Morgan fingerprint density at radius 3 is 1.17 bits per heavy atom. The van der Waals surface area contributed by atoms with Crippen molar-refractivity contribution in [2.75, 3.05) is 13.1 Å². The fraction of sp³-hybridized carbons (Fsp3) is 0.667. The van der Waals surface area contributed by atoms with E-state index in [-0.39, 0.29) is 12.8 Å². The second-order valence-corrected chi connectivity index (χ2v) is 2.01. The van der Waals surface area contributed by atoms with E-state index in [2.05, 4.69) is 0 Å². The lowest BCUT2D eigenvalue weighted by Gasteiger charge is -1.87. The van der Waals surface area contributed by atoms with Gasteiger partial charge < -0.3 is 22.9 Å². The van der Waals surface area contributed by atoms with Gasteiger partial charge in [0.15, 0.2) is 0 Å². The molecule has 6 heteroatoms. The molecule has 2 amide bonds. The van der Waals surface area contributed by atoms with Gasteiger partial charge in [-0.15, -0.1) is 0 Å². The molecule has 0 aliphatic heterocycles. The lowest BCUT2D eigenvalue weighted by atomic mass is 10.3. The number of amides is 2. The third kappa shape index (κ3) is 23.2. The van der Waals surface area contributed by atoms with Gasteiger partial charge in [0.2, 0.25) is 11.8 Å². The van der Waals surface area contributed by atoms with Gasteiger partial charge in [-0.05, 0) is 0 Å². The molecule has 0 saturated carbocycles. The highest BCUT2D eigenvalue weighted by atomic mass is 16.2. The quantitative estimate of drug-likeness (QED) is 0.380. The molecule has 12 heavy (non-hydrogen) atoms. The molecule has 0 aliphatic rings. The minimum absolute atomic E-state index is 0.0509. The lowest BCUT2D eigenvalue weighted by molar-refractivity contribution is -0.123. The molecule has 0 atom stereocenters. The van der Waals surface area contributed by atoms with Crippen LogP contribution in [0.2, 0.25) is 0 Å². The van der Waals surface area contributed by atoms with Crippen molar-refractivity contribution in [1.29, 1.82) is 0 Å². The van der Waals surface area contributed by atoms with Crippen LogP contribution in [0.4, 0.5) is 0 Å². The average Bonchev–Trinajstić information content (AvgIpc) is 2.01. The number of carbonyl (C=O) groups excluding carboxylic acids is 2. The van der Waals surface area contributed by atoms with E-state index >= 15 is 0 Å². The molecular formula is C6H16N4O2. The van der Waals surface area contributed by atoms with E-state index in [4.69, 9.17) is 22.9 Å². The molecule has 0 saturated heterocycles. The number of carbonyl (C=O) groups is 2. The van der Waals surface area contributed by atoms with Crippen molar-refractivity contribution in [1.82, 2.24) is 0 Å². The zero-order chi connectivity index (χ0) is 9.98. The zero-order valence-corrected chi connectivity index (χ0v) is 6.95. The van der Waals surface area contributed by atoms with Crippen LogP contribution in [0.1, 0.15) is 12.8 Å². The molecule has 0 fully saturated rings. The first kappa shape index (κ1) is 13.4. The molecule has 8 N–H and O–H groups in total. The van der Waals surface area contributed by atoms with E-state index < -0.39 is 11.8 Å². The van der Waals surface area contributed by atoms with Gasteiger partial charge in [-0.2, -0.15) is 0 Å².